The van der Waals surface area contributed by atoms with Gasteiger partial charge in [0, 0.05) is 6.54 Å². The van der Waals surface area contributed by atoms with Gasteiger partial charge in [-0.15, -0.1) is 5.10 Å². The first-order valence-corrected chi connectivity index (χ1v) is 6.65. The topological polar surface area (TPSA) is 117 Å². The number of aromatic amines is 1. The summed E-state index contributed by atoms with van der Waals surface area (Å²) in [5.41, 5.74) is -0.535. The zero-order chi connectivity index (χ0) is 14.4. The van der Waals surface area contributed by atoms with E-state index in [9.17, 15) is 14.4 Å². The highest BCUT2D eigenvalue weighted by Gasteiger charge is 2.13. The largest absolute Gasteiger partial charge is 0.481 e. The van der Waals surface area contributed by atoms with Gasteiger partial charge in [0.25, 0.3) is 0 Å². The molecule has 106 valence electrons. The van der Waals surface area contributed by atoms with Gasteiger partial charge in [0.05, 0.1) is 5.75 Å². The number of carbonyl (C=O) groups excluding carboxylic acids is 1. The Kier molecular flexibility index (Phi) is 5.61. The second-order valence-corrected chi connectivity index (χ2v) is 5.22. The van der Waals surface area contributed by atoms with E-state index < -0.39 is 11.7 Å². The van der Waals surface area contributed by atoms with Crippen LogP contribution in [0.3, 0.4) is 0 Å². The molecule has 0 spiro atoms. The smallest absolute Gasteiger partial charge is 0.344 e. The fourth-order valence-corrected chi connectivity index (χ4v) is 1.86. The summed E-state index contributed by atoms with van der Waals surface area (Å²) in [4.78, 5) is 33.5. The number of hydrogen-bond acceptors (Lipinski definition) is 5. The lowest BCUT2D eigenvalue weighted by Gasteiger charge is -2.08. The van der Waals surface area contributed by atoms with Crippen molar-refractivity contribution in [2.24, 2.45) is 5.92 Å². The molecule has 0 unspecified atom stereocenters. The molecule has 0 aromatic carbocycles. The van der Waals surface area contributed by atoms with Crippen molar-refractivity contribution in [2.45, 2.75) is 25.5 Å². The van der Waals surface area contributed by atoms with Crippen LogP contribution < -0.4 is 11.0 Å². The van der Waals surface area contributed by atoms with Crippen molar-refractivity contribution in [3.8, 4) is 0 Å². The van der Waals surface area contributed by atoms with Crippen LogP contribution in [-0.4, -0.2) is 44.0 Å². The van der Waals surface area contributed by atoms with Gasteiger partial charge in [0.2, 0.25) is 5.91 Å². The Morgan fingerprint density at radius 1 is 1.53 bits per heavy atom. The predicted octanol–water partition coefficient (Wildman–Crippen LogP) is -0.480. The number of nitrogens with one attached hydrogen (secondary N) is 2. The van der Waals surface area contributed by atoms with Gasteiger partial charge in [-0.1, -0.05) is 25.6 Å². The Bertz CT molecular complexity index is 508. The monoisotopic (exact) mass is 288 g/mol. The van der Waals surface area contributed by atoms with Crippen LogP contribution in [0.1, 0.15) is 13.8 Å². The molecule has 1 aromatic rings. The lowest BCUT2D eigenvalue weighted by Crippen LogP contribution is -2.33. The highest BCUT2D eigenvalue weighted by molar-refractivity contribution is 7.99. The lowest BCUT2D eigenvalue weighted by atomic mass is 10.2. The molecule has 0 bridgehead atoms. The van der Waals surface area contributed by atoms with Crippen LogP contribution in [0.15, 0.2) is 9.95 Å². The molecule has 3 N–H and O–H groups in total. The number of carbonyl (C=O) groups is 2. The second kappa shape index (κ2) is 6.98. The van der Waals surface area contributed by atoms with E-state index in [1.54, 1.807) is 0 Å². The molecule has 0 saturated carbocycles. The summed E-state index contributed by atoms with van der Waals surface area (Å²) in [6, 6.07) is 0. The SMILES string of the molecule is CC(C)CNC(=O)Cn1c(SCC(=O)O)n[nH]c1=O. The van der Waals surface area contributed by atoms with E-state index in [1.165, 1.54) is 0 Å². The normalized spacial score (nSPS) is 10.7. The highest BCUT2D eigenvalue weighted by Crippen LogP contribution is 2.12. The average molecular weight is 288 g/mol. The molecule has 1 amide bonds. The molecule has 0 atom stereocenters. The van der Waals surface area contributed by atoms with E-state index in [0.717, 1.165) is 16.3 Å². The summed E-state index contributed by atoms with van der Waals surface area (Å²) >= 11 is 0.883. The second-order valence-electron chi connectivity index (χ2n) is 4.28. The Morgan fingerprint density at radius 2 is 2.21 bits per heavy atom. The fraction of sp³-hybridized carbons (Fsp3) is 0.600. The first kappa shape index (κ1) is 15.3. The number of carboxylic acid groups (broad SMARTS) is 1. The van der Waals surface area contributed by atoms with E-state index in [2.05, 4.69) is 15.5 Å². The molecule has 9 heteroatoms. The molecular weight excluding hydrogens is 272 g/mol. The number of rotatable bonds is 7. The van der Waals surface area contributed by atoms with Gasteiger partial charge in [-0.3, -0.25) is 14.2 Å². The first-order chi connectivity index (χ1) is 8.90. The van der Waals surface area contributed by atoms with Gasteiger partial charge in [-0.25, -0.2) is 9.89 Å². The van der Waals surface area contributed by atoms with Gasteiger partial charge in [0.1, 0.15) is 6.54 Å². The van der Waals surface area contributed by atoms with Crippen LogP contribution in [-0.2, 0) is 16.1 Å². The Labute approximate surface area is 113 Å². The minimum atomic E-state index is -1.02. The van der Waals surface area contributed by atoms with Crippen molar-refractivity contribution in [1.29, 1.82) is 0 Å². The quantitative estimate of drug-likeness (QED) is 0.583. The fourth-order valence-electron chi connectivity index (χ4n) is 1.20. The zero-order valence-electron chi connectivity index (χ0n) is 10.7. The lowest BCUT2D eigenvalue weighted by molar-refractivity contribution is -0.133. The molecule has 1 aromatic heterocycles. The predicted molar refractivity (Wildman–Crippen MR) is 69.1 cm³/mol. The number of aromatic nitrogens is 3. The maximum Gasteiger partial charge on any atom is 0.344 e. The molecule has 1 heterocycles. The van der Waals surface area contributed by atoms with Gasteiger partial charge in [-0.2, -0.15) is 0 Å². The number of aliphatic carboxylic acids is 1. The Morgan fingerprint density at radius 3 is 2.79 bits per heavy atom. The molecule has 0 radical (unpaired) electrons. The minimum Gasteiger partial charge on any atom is -0.481 e. The Balaban J connectivity index is 2.66. The van der Waals surface area contributed by atoms with Crippen LogP contribution >= 0.6 is 11.8 Å². The highest BCUT2D eigenvalue weighted by atomic mass is 32.2. The number of nitrogens with zero attached hydrogens (tertiary/aromatic N) is 2. The van der Waals surface area contributed by atoms with Gasteiger partial charge in [0.15, 0.2) is 5.16 Å². The summed E-state index contributed by atoms with van der Waals surface area (Å²) in [6.45, 7) is 4.25. The van der Waals surface area contributed by atoms with Crippen LogP contribution in [0, 0.1) is 5.92 Å². The summed E-state index contributed by atoms with van der Waals surface area (Å²) < 4.78 is 1.11. The van der Waals surface area contributed by atoms with Crippen molar-refractivity contribution in [3.63, 3.8) is 0 Å². The third-order valence-electron chi connectivity index (χ3n) is 2.06. The third-order valence-corrected chi connectivity index (χ3v) is 3.02. The van der Waals surface area contributed by atoms with Crippen molar-refractivity contribution >= 4 is 23.6 Å². The first-order valence-electron chi connectivity index (χ1n) is 5.66. The van der Waals surface area contributed by atoms with E-state index in [1.807, 2.05) is 13.8 Å². The maximum absolute atomic E-state index is 11.6. The van der Waals surface area contributed by atoms with E-state index in [0.29, 0.717) is 12.5 Å². The van der Waals surface area contributed by atoms with Crippen LogP contribution in [0.25, 0.3) is 0 Å². The molecule has 8 nitrogen and oxygen atoms in total. The van der Waals surface area contributed by atoms with Crippen LogP contribution in [0.4, 0.5) is 0 Å². The standard InChI is InChI=1S/C10H16N4O4S/c1-6(2)3-11-7(15)4-14-9(18)12-13-10(14)19-5-8(16)17/h6H,3-5H2,1-2H3,(H,11,15)(H,12,18)(H,16,17). The molecule has 1 rings (SSSR count). The van der Waals surface area contributed by atoms with Gasteiger partial charge in [-0.05, 0) is 5.92 Å². The number of thioether (sulfide) groups is 1. The maximum atomic E-state index is 11.6. The molecule has 0 aliphatic rings. The van der Waals surface area contributed by atoms with Crippen molar-refractivity contribution in [3.05, 3.63) is 10.5 Å². The number of H-pyrrole nitrogens is 1. The molecule has 0 aliphatic heterocycles. The average Bonchev–Trinajstić information content (AvgIpc) is 2.66. The van der Waals surface area contributed by atoms with E-state index in [-0.39, 0.29) is 23.4 Å². The Hall–Kier alpha value is -1.77. The third kappa shape index (κ3) is 5.16. The van der Waals surface area contributed by atoms with Gasteiger partial charge >= 0.3 is 11.7 Å². The minimum absolute atomic E-state index is 0.177. The number of carboxylic acids is 1. The number of hydrogen-bond donors (Lipinski definition) is 3. The van der Waals surface area contributed by atoms with E-state index >= 15 is 0 Å². The van der Waals surface area contributed by atoms with Crippen LogP contribution in [0.2, 0.25) is 0 Å². The number of amides is 1. The summed E-state index contributed by atoms with van der Waals surface area (Å²) in [5.74, 6) is -1.24. The van der Waals surface area contributed by atoms with Crippen LogP contribution in [0.5, 0.6) is 0 Å². The summed E-state index contributed by atoms with van der Waals surface area (Å²) in [6.07, 6.45) is 0. The van der Waals surface area contributed by atoms with Gasteiger partial charge < -0.3 is 10.4 Å². The van der Waals surface area contributed by atoms with E-state index in [4.69, 9.17) is 5.11 Å². The van der Waals surface area contributed by atoms with Crippen molar-refractivity contribution in [2.75, 3.05) is 12.3 Å². The zero-order valence-corrected chi connectivity index (χ0v) is 11.5. The van der Waals surface area contributed by atoms with Crippen molar-refractivity contribution in [1.82, 2.24) is 20.1 Å². The molecule has 0 fully saturated rings. The molecule has 19 heavy (non-hydrogen) atoms. The van der Waals surface area contributed by atoms with Crippen molar-refractivity contribution < 1.29 is 14.7 Å². The molecular formula is C10H16N4O4S. The molecule has 0 aliphatic carbocycles. The summed E-state index contributed by atoms with van der Waals surface area (Å²) in [7, 11) is 0. The molecule has 0 saturated heterocycles. The summed E-state index contributed by atoms with van der Waals surface area (Å²) in [5, 5.41) is 17.3.